The largest absolute Gasteiger partial charge is 0.497 e. The van der Waals surface area contributed by atoms with Gasteiger partial charge < -0.3 is 18.9 Å². The maximum absolute atomic E-state index is 12.2. The van der Waals surface area contributed by atoms with Crippen molar-refractivity contribution < 1.29 is 23.7 Å². The second kappa shape index (κ2) is 7.82. The van der Waals surface area contributed by atoms with Crippen LogP contribution in [-0.2, 0) is 9.53 Å². The molecule has 0 N–H and O–H groups in total. The molecule has 3 rings (SSSR count). The molecule has 0 aromatic heterocycles. The summed E-state index contributed by atoms with van der Waals surface area (Å²) in [5.41, 5.74) is 2.11. The van der Waals surface area contributed by atoms with Crippen LogP contribution >= 0.6 is 22.6 Å². The predicted molar refractivity (Wildman–Crippen MR) is 107 cm³/mol. The van der Waals surface area contributed by atoms with Crippen LogP contribution in [0.15, 0.2) is 48.0 Å². The van der Waals surface area contributed by atoms with E-state index in [0.717, 1.165) is 20.4 Å². The first kappa shape index (κ1) is 18.3. The van der Waals surface area contributed by atoms with E-state index < -0.39 is 0 Å². The van der Waals surface area contributed by atoms with Crippen molar-refractivity contribution in [1.82, 2.24) is 0 Å². The highest BCUT2D eigenvalue weighted by atomic mass is 127. The number of esters is 1. The number of methoxy groups -OCH3 is 3. The third-order valence-corrected chi connectivity index (χ3v) is 4.68. The molecule has 0 spiro atoms. The zero-order valence-electron chi connectivity index (χ0n) is 14.5. The maximum Gasteiger partial charge on any atom is 0.343 e. The van der Waals surface area contributed by atoms with Gasteiger partial charge in [0.15, 0.2) is 11.5 Å². The molecule has 0 fully saturated rings. The van der Waals surface area contributed by atoms with E-state index in [1.54, 1.807) is 33.5 Å². The van der Waals surface area contributed by atoms with Gasteiger partial charge in [0.25, 0.3) is 0 Å². The molecular weight excluding hydrogens is 447 g/mol. The molecule has 0 saturated heterocycles. The van der Waals surface area contributed by atoms with Gasteiger partial charge in [-0.2, -0.15) is 0 Å². The summed E-state index contributed by atoms with van der Waals surface area (Å²) < 4.78 is 22.1. The lowest BCUT2D eigenvalue weighted by molar-refractivity contribution is -0.130. The molecule has 1 heterocycles. The Kier molecular flexibility index (Phi) is 5.51. The summed E-state index contributed by atoms with van der Waals surface area (Å²) in [6.07, 6.45) is 3.50. The summed E-state index contributed by atoms with van der Waals surface area (Å²) in [5.74, 6) is 2.14. The van der Waals surface area contributed by atoms with Crippen LogP contribution in [0.5, 0.6) is 17.2 Å². The van der Waals surface area contributed by atoms with Crippen LogP contribution in [0.3, 0.4) is 0 Å². The first-order valence-electron chi connectivity index (χ1n) is 7.77. The molecule has 1 aliphatic rings. The first-order chi connectivity index (χ1) is 12.5. The molecule has 5 nitrogen and oxygen atoms in total. The van der Waals surface area contributed by atoms with Crippen molar-refractivity contribution in [3.8, 4) is 17.2 Å². The number of benzene rings is 2. The van der Waals surface area contributed by atoms with Crippen molar-refractivity contribution in [2.45, 2.75) is 0 Å². The van der Waals surface area contributed by atoms with Crippen LogP contribution in [0.4, 0.5) is 0 Å². The standard InChI is InChI=1S/C20H17IO5/c1-23-15-6-4-13(5-7-15)17-11-14(20(22)26-17)8-12-9-16(21)19(25-3)18(10-12)24-2/h4-11H,1-3H3/b14-8+. The van der Waals surface area contributed by atoms with E-state index in [4.69, 9.17) is 18.9 Å². The number of cyclic esters (lactones) is 1. The fraction of sp³-hybridized carbons (Fsp3) is 0.150. The van der Waals surface area contributed by atoms with Crippen LogP contribution in [-0.4, -0.2) is 27.3 Å². The molecule has 0 amide bonds. The van der Waals surface area contributed by atoms with Crippen molar-refractivity contribution in [2.24, 2.45) is 0 Å². The van der Waals surface area contributed by atoms with Crippen LogP contribution in [0.25, 0.3) is 11.8 Å². The first-order valence-corrected chi connectivity index (χ1v) is 8.85. The number of hydrogen-bond acceptors (Lipinski definition) is 5. The Morgan fingerprint density at radius 1 is 1.00 bits per heavy atom. The van der Waals surface area contributed by atoms with Gasteiger partial charge in [-0.1, -0.05) is 0 Å². The highest BCUT2D eigenvalue weighted by Gasteiger charge is 2.22. The SMILES string of the molecule is COc1ccc(C2=C/C(=C\c3cc(I)c(OC)c(OC)c3)C(=O)O2)cc1. The molecule has 2 aromatic carbocycles. The van der Waals surface area contributed by atoms with Gasteiger partial charge in [0.2, 0.25) is 0 Å². The minimum absolute atomic E-state index is 0.388. The van der Waals surface area contributed by atoms with Crippen molar-refractivity contribution >= 4 is 40.4 Å². The zero-order chi connectivity index (χ0) is 18.7. The van der Waals surface area contributed by atoms with E-state index >= 15 is 0 Å². The Bertz CT molecular complexity index is 897. The monoisotopic (exact) mass is 464 g/mol. The quantitative estimate of drug-likeness (QED) is 0.376. The Balaban J connectivity index is 1.94. The van der Waals surface area contributed by atoms with Crippen molar-refractivity contribution in [3.05, 3.63) is 62.7 Å². The normalized spacial score (nSPS) is 14.8. The second-order valence-electron chi connectivity index (χ2n) is 5.46. The van der Waals surface area contributed by atoms with Gasteiger partial charge in [-0.3, -0.25) is 0 Å². The number of ether oxygens (including phenoxy) is 4. The van der Waals surface area contributed by atoms with Crippen molar-refractivity contribution in [3.63, 3.8) is 0 Å². The van der Waals surface area contributed by atoms with Gasteiger partial charge in [0.1, 0.15) is 11.5 Å². The smallest absolute Gasteiger partial charge is 0.343 e. The third-order valence-electron chi connectivity index (χ3n) is 3.88. The Hall–Kier alpha value is -2.48. The molecule has 2 aromatic rings. The van der Waals surface area contributed by atoms with Crippen LogP contribution in [0.1, 0.15) is 11.1 Å². The van der Waals surface area contributed by atoms with Crippen LogP contribution in [0, 0.1) is 3.57 Å². The molecule has 0 radical (unpaired) electrons. The molecule has 0 aliphatic carbocycles. The minimum atomic E-state index is -0.388. The zero-order valence-corrected chi connectivity index (χ0v) is 16.7. The van der Waals surface area contributed by atoms with E-state index in [2.05, 4.69) is 22.6 Å². The van der Waals surface area contributed by atoms with E-state index in [1.165, 1.54) is 0 Å². The van der Waals surface area contributed by atoms with E-state index in [9.17, 15) is 4.79 Å². The third kappa shape index (κ3) is 3.70. The van der Waals surface area contributed by atoms with Gasteiger partial charge in [-0.25, -0.2) is 4.79 Å². The summed E-state index contributed by atoms with van der Waals surface area (Å²) in [4.78, 5) is 12.2. The lowest BCUT2D eigenvalue weighted by Gasteiger charge is -2.10. The number of rotatable bonds is 5. The van der Waals surface area contributed by atoms with Gasteiger partial charge >= 0.3 is 5.97 Å². The van der Waals surface area contributed by atoms with Gasteiger partial charge in [-0.05, 0) is 76.7 Å². The van der Waals surface area contributed by atoms with Gasteiger partial charge in [0, 0.05) is 5.56 Å². The van der Waals surface area contributed by atoms with E-state index in [1.807, 2.05) is 36.4 Å². The van der Waals surface area contributed by atoms with Gasteiger partial charge in [0.05, 0.1) is 30.5 Å². The van der Waals surface area contributed by atoms with Gasteiger partial charge in [-0.15, -0.1) is 0 Å². The molecule has 26 heavy (non-hydrogen) atoms. The second-order valence-corrected chi connectivity index (χ2v) is 6.63. The fourth-order valence-electron chi connectivity index (χ4n) is 2.59. The average Bonchev–Trinajstić information content (AvgIpc) is 3.01. The van der Waals surface area contributed by atoms with E-state index in [0.29, 0.717) is 22.8 Å². The Morgan fingerprint density at radius 3 is 2.35 bits per heavy atom. The lowest BCUT2D eigenvalue weighted by Crippen LogP contribution is -1.98. The lowest BCUT2D eigenvalue weighted by atomic mass is 10.1. The van der Waals surface area contributed by atoms with E-state index in [-0.39, 0.29) is 5.97 Å². The molecule has 1 aliphatic heterocycles. The topological polar surface area (TPSA) is 54.0 Å². The summed E-state index contributed by atoms with van der Waals surface area (Å²) >= 11 is 2.17. The summed E-state index contributed by atoms with van der Waals surface area (Å²) in [6.45, 7) is 0. The number of carbonyl (C=O) groups is 1. The highest BCUT2D eigenvalue weighted by molar-refractivity contribution is 14.1. The molecule has 6 heteroatoms. The Labute approximate surface area is 165 Å². The summed E-state index contributed by atoms with van der Waals surface area (Å²) in [6, 6.07) is 11.1. The number of carbonyl (C=O) groups excluding carboxylic acids is 1. The molecule has 134 valence electrons. The predicted octanol–water partition coefficient (Wildman–Crippen LogP) is 4.30. The number of halogens is 1. The average molecular weight is 464 g/mol. The summed E-state index contributed by atoms with van der Waals surface area (Å²) in [7, 11) is 4.78. The molecule has 0 atom stereocenters. The van der Waals surface area contributed by atoms with Crippen molar-refractivity contribution in [1.29, 1.82) is 0 Å². The highest BCUT2D eigenvalue weighted by Crippen LogP contribution is 2.35. The molecular formula is C20H17IO5. The van der Waals surface area contributed by atoms with Crippen LogP contribution in [0.2, 0.25) is 0 Å². The number of hydrogen-bond donors (Lipinski definition) is 0. The molecule has 0 saturated carbocycles. The maximum atomic E-state index is 12.2. The fourth-order valence-corrected chi connectivity index (χ4v) is 3.43. The summed E-state index contributed by atoms with van der Waals surface area (Å²) in [5, 5.41) is 0. The van der Waals surface area contributed by atoms with Crippen molar-refractivity contribution in [2.75, 3.05) is 21.3 Å². The van der Waals surface area contributed by atoms with Crippen LogP contribution < -0.4 is 14.2 Å². The molecule has 0 unspecified atom stereocenters. The molecule has 0 bridgehead atoms. The Morgan fingerprint density at radius 2 is 1.73 bits per heavy atom. The minimum Gasteiger partial charge on any atom is -0.497 e.